The second-order valence-corrected chi connectivity index (χ2v) is 10.2. The van der Waals surface area contributed by atoms with Crippen LogP contribution in [0.3, 0.4) is 0 Å². The monoisotopic (exact) mass is 617 g/mol. The molecule has 3 unspecified atom stereocenters. The number of benzene rings is 2. The first kappa shape index (κ1) is 32.1. The summed E-state index contributed by atoms with van der Waals surface area (Å²) >= 11 is 0. The molecule has 0 aromatic heterocycles. The maximum absolute atomic E-state index is 13.6. The van der Waals surface area contributed by atoms with E-state index < -0.39 is 29.0 Å². The quantitative estimate of drug-likeness (QED) is 0.0844. The van der Waals surface area contributed by atoms with Crippen molar-refractivity contribution in [3.8, 4) is 5.75 Å². The molecule has 2 aliphatic heterocycles. The van der Waals surface area contributed by atoms with Crippen LogP contribution in [0.5, 0.6) is 5.75 Å². The summed E-state index contributed by atoms with van der Waals surface area (Å²) in [5.74, 6) is -2.49. The number of amides is 2. The molecule has 2 amide bonds. The van der Waals surface area contributed by atoms with Gasteiger partial charge in [0.05, 0.1) is 41.1 Å². The maximum Gasteiger partial charge on any atom is 0.338 e. The minimum Gasteiger partial charge on any atom is -0.466 e. The van der Waals surface area contributed by atoms with Crippen molar-refractivity contribution in [2.24, 2.45) is 11.0 Å². The predicted molar refractivity (Wildman–Crippen MR) is 160 cm³/mol. The van der Waals surface area contributed by atoms with Crippen LogP contribution in [-0.4, -0.2) is 48.2 Å². The number of ether oxygens (including phenoxy) is 3. The fraction of sp³-hybridized carbons (Fsp3) is 0.258. The van der Waals surface area contributed by atoms with Gasteiger partial charge in [-0.15, -0.1) is 0 Å². The molecule has 2 aliphatic rings. The fourth-order valence-corrected chi connectivity index (χ4v) is 5.07. The lowest BCUT2D eigenvalue weighted by Gasteiger charge is -2.30. The van der Waals surface area contributed by atoms with Gasteiger partial charge in [-0.2, -0.15) is 5.10 Å². The molecular formula is C31H31N5O9. The number of dihydropyridines is 1. The van der Waals surface area contributed by atoms with Crippen LogP contribution >= 0.6 is 0 Å². The SMILES string of the molecule is COC(=O)C1=C(C)NC(C)=C(C(=O)OC(C=COc2ccc(C3=NNC(=O)CC3C)cc2)NC=O)C1c1cccc([N+](=O)[O-])c1. The molecule has 0 saturated heterocycles. The summed E-state index contributed by atoms with van der Waals surface area (Å²) in [6.07, 6.45) is 1.91. The number of hydrogen-bond acceptors (Lipinski definition) is 11. The van der Waals surface area contributed by atoms with Crippen LogP contribution in [0.2, 0.25) is 0 Å². The zero-order valence-electron chi connectivity index (χ0n) is 24.9. The van der Waals surface area contributed by atoms with Gasteiger partial charge in [0.2, 0.25) is 12.3 Å². The predicted octanol–water partition coefficient (Wildman–Crippen LogP) is 3.07. The Kier molecular flexibility index (Phi) is 10.1. The van der Waals surface area contributed by atoms with Crippen LogP contribution in [0.25, 0.3) is 0 Å². The third-order valence-corrected chi connectivity index (χ3v) is 7.13. The Balaban J connectivity index is 1.55. The molecule has 2 heterocycles. The highest BCUT2D eigenvalue weighted by atomic mass is 16.6. The Morgan fingerprint density at radius 2 is 1.80 bits per heavy atom. The van der Waals surface area contributed by atoms with Crippen molar-refractivity contribution >= 4 is 35.7 Å². The highest BCUT2D eigenvalue weighted by molar-refractivity contribution is 6.05. The van der Waals surface area contributed by atoms with Gasteiger partial charge in [-0.05, 0) is 49.2 Å². The third kappa shape index (κ3) is 7.41. The average molecular weight is 618 g/mol. The molecule has 2 aromatic rings. The number of methoxy groups -OCH3 is 1. The molecule has 0 bridgehead atoms. The second kappa shape index (κ2) is 14.1. The molecular weight excluding hydrogens is 586 g/mol. The number of nitrogens with zero attached hydrogens (tertiary/aromatic N) is 2. The number of esters is 2. The molecule has 3 N–H and O–H groups in total. The van der Waals surface area contributed by atoms with Gasteiger partial charge in [0.25, 0.3) is 5.69 Å². The van der Waals surface area contributed by atoms with Gasteiger partial charge < -0.3 is 24.8 Å². The summed E-state index contributed by atoms with van der Waals surface area (Å²) in [6.45, 7) is 5.12. The zero-order valence-corrected chi connectivity index (χ0v) is 24.9. The fourth-order valence-electron chi connectivity index (χ4n) is 5.07. The summed E-state index contributed by atoms with van der Waals surface area (Å²) in [6, 6.07) is 12.5. The van der Waals surface area contributed by atoms with Crippen molar-refractivity contribution in [3.05, 3.63) is 105 Å². The van der Waals surface area contributed by atoms with Crippen molar-refractivity contribution in [1.29, 1.82) is 0 Å². The molecule has 0 aliphatic carbocycles. The Bertz CT molecular complexity index is 1640. The smallest absolute Gasteiger partial charge is 0.338 e. The van der Waals surface area contributed by atoms with E-state index >= 15 is 0 Å². The molecule has 14 heteroatoms. The van der Waals surface area contributed by atoms with E-state index in [1.807, 2.05) is 6.92 Å². The Morgan fingerprint density at radius 3 is 2.42 bits per heavy atom. The average Bonchev–Trinajstić information content (AvgIpc) is 3.01. The number of carbonyl (C=O) groups excluding carboxylic acids is 4. The van der Waals surface area contributed by atoms with Gasteiger partial charge >= 0.3 is 11.9 Å². The van der Waals surface area contributed by atoms with Crippen LogP contribution in [0.4, 0.5) is 5.69 Å². The van der Waals surface area contributed by atoms with E-state index in [4.69, 9.17) is 14.2 Å². The molecule has 0 radical (unpaired) electrons. The molecule has 0 spiro atoms. The van der Waals surface area contributed by atoms with E-state index in [0.717, 1.165) is 11.3 Å². The highest BCUT2D eigenvalue weighted by Crippen LogP contribution is 2.40. The lowest BCUT2D eigenvalue weighted by Crippen LogP contribution is -2.36. The summed E-state index contributed by atoms with van der Waals surface area (Å²) in [4.78, 5) is 60.3. The molecule has 45 heavy (non-hydrogen) atoms. The van der Waals surface area contributed by atoms with Crippen molar-refractivity contribution in [1.82, 2.24) is 16.1 Å². The maximum atomic E-state index is 13.6. The molecule has 3 atom stereocenters. The molecule has 14 nitrogen and oxygen atoms in total. The van der Waals surface area contributed by atoms with Crippen LogP contribution in [0.15, 0.2) is 88.5 Å². The molecule has 0 fully saturated rings. The van der Waals surface area contributed by atoms with Crippen molar-refractivity contribution in [2.45, 2.75) is 39.3 Å². The van der Waals surface area contributed by atoms with E-state index in [1.165, 1.54) is 37.6 Å². The molecule has 0 saturated carbocycles. The zero-order chi connectivity index (χ0) is 32.7. The first-order valence-electron chi connectivity index (χ1n) is 13.8. The summed E-state index contributed by atoms with van der Waals surface area (Å²) in [7, 11) is 1.18. The Hall–Kier alpha value is -5.79. The Morgan fingerprint density at radius 1 is 1.11 bits per heavy atom. The number of nitrogens with one attached hydrogen (secondary N) is 3. The highest BCUT2D eigenvalue weighted by Gasteiger charge is 2.39. The van der Waals surface area contributed by atoms with E-state index in [1.54, 1.807) is 44.2 Å². The van der Waals surface area contributed by atoms with Gasteiger partial charge in [0.15, 0.2) is 6.23 Å². The number of nitro benzene ring substituents is 1. The first-order chi connectivity index (χ1) is 21.5. The third-order valence-electron chi connectivity index (χ3n) is 7.13. The summed E-state index contributed by atoms with van der Waals surface area (Å²) in [5, 5.41) is 21.0. The molecule has 4 rings (SSSR count). The van der Waals surface area contributed by atoms with Crippen molar-refractivity contribution in [3.63, 3.8) is 0 Å². The topological polar surface area (TPSA) is 188 Å². The second-order valence-electron chi connectivity index (χ2n) is 10.2. The summed E-state index contributed by atoms with van der Waals surface area (Å²) in [5.41, 5.74) is 4.86. The van der Waals surface area contributed by atoms with E-state index in [-0.39, 0.29) is 34.2 Å². The van der Waals surface area contributed by atoms with Gasteiger partial charge in [-0.25, -0.2) is 15.0 Å². The van der Waals surface area contributed by atoms with E-state index in [2.05, 4.69) is 21.2 Å². The lowest BCUT2D eigenvalue weighted by atomic mass is 9.80. The minimum atomic E-state index is -1.28. The largest absolute Gasteiger partial charge is 0.466 e. The van der Waals surface area contributed by atoms with Crippen molar-refractivity contribution < 1.29 is 38.3 Å². The number of hydrazone groups is 1. The molecule has 234 valence electrons. The van der Waals surface area contributed by atoms with Crippen molar-refractivity contribution in [2.75, 3.05) is 7.11 Å². The molecule has 2 aromatic carbocycles. The van der Waals surface area contributed by atoms with Gasteiger partial charge in [-0.1, -0.05) is 19.1 Å². The van der Waals surface area contributed by atoms with Crippen LogP contribution < -0.4 is 20.8 Å². The number of carbonyl (C=O) groups is 4. The summed E-state index contributed by atoms with van der Waals surface area (Å²) < 4.78 is 16.2. The number of nitro groups is 1. The number of allylic oxidation sites excluding steroid dienone is 2. The van der Waals surface area contributed by atoms with Gasteiger partial charge in [0, 0.05) is 41.9 Å². The van der Waals surface area contributed by atoms with Crippen LogP contribution in [0, 0.1) is 16.0 Å². The lowest BCUT2D eigenvalue weighted by molar-refractivity contribution is -0.384. The van der Waals surface area contributed by atoms with Gasteiger partial charge in [0.1, 0.15) is 5.75 Å². The van der Waals surface area contributed by atoms with E-state index in [9.17, 15) is 29.3 Å². The number of hydrogen-bond donors (Lipinski definition) is 3. The van der Waals surface area contributed by atoms with Crippen LogP contribution in [-0.2, 0) is 28.7 Å². The van der Waals surface area contributed by atoms with Crippen LogP contribution in [0.1, 0.15) is 44.2 Å². The number of non-ortho nitro benzene ring substituents is 1. The number of rotatable bonds is 11. The minimum absolute atomic E-state index is 0.0138. The first-order valence-corrected chi connectivity index (χ1v) is 13.8. The van der Waals surface area contributed by atoms with E-state index in [0.29, 0.717) is 30.0 Å². The normalized spacial score (nSPS) is 18.8. The standard InChI is InChI=1S/C31H31N5O9/c1-17-14-24(38)34-35-29(17)20-8-10-23(11-9-20)44-13-12-25(32-16-37)45-31(40)27-19(3)33-18(2)26(30(39)43-4)28(27)21-6-5-7-22(15-21)36(41)42/h5-13,15-17,25,28,33H,14H2,1-4H3,(H,32,37)(H,34,38). The van der Waals surface area contributed by atoms with Gasteiger partial charge in [-0.3, -0.25) is 19.7 Å². The Labute approximate surface area is 257 Å².